The van der Waals surface area contributed by atoms with E-state index in [9.17, 15) is 0 Å². The molecule has 1 saturated heterocycles. The molecule has 4 rings (SSSR count). The highest BCUT2D eigenvalue weighted by Gasteiger charge is 2.19. The minimum absolute atomic E-state index is 0. The molecule has 1 aliphatic rings. The van der Waals surface area contributed by atoms with Gasteiger partial charge in [-0.3, -0.25) is 0 Å². The third-order valence-electron chi connectivity index (χ3n) is 3.42. The van der Waals surface area contributed by atoms with Crippen LogP contribution in [-0.4, -0.2) is 24.7 Å². The molecule has 0 saturated carbocycles. The Morgan fingerprint density at radius 3 is 3.00 bits per heavy atom. The molecule has 0 aliphatic carbocycles. The minimum Gasteiger partial charge on any atom is -0.454 e. The van der Waals surface area contributed by atoms with Gasteiger partial charge in [-0.1, -0.05) is 18.2 Å². The number of morpholine rings is 1. The van der Waals surface area contributed by atoms with E-state index in [1.54, 1.807) is 11.3 Å². The summed E-state index contributed by atoms with van der Waals surface area (Å²) in [5.74, 6) is 0.824. The number of furan rings is 1. The number of para-hydroxylation sites is 1. The average molecular weight is 323 g/mol. The SMILES string of the molecule is Cl.c1ccc2oc(-c3csc(C4COCCN4)n3)cc2c1. The molecule has 1 aliphatic heterocycles. The van der Waals surface area contributed by atoms with Crippen molar-refractivity contribution < 1.29 is 9.15 Å². The summed E-state index contributed by atoms with van der Waals surface area (Å²) < 4.78 is 11.3. The highest BCUT2D eigenvalue weighted by Crippen LogP contribution is 2.30. The van der Waals surface area contributed by atoms with Gasteiger partial charge in [0.15, 0.2) is 5.76 Å². The van der Waals surface area contributed by atoms with E-state index in [4.69, 9.17) is 9.15 Å². The number of nitrogens with zero attached hydrogens (tertiary/aromatic N) is 1. The van der Waals surface area contributed by atoms with E-state index in [0.717, 1.165) is 40.6 Å². The number of rotatable bonds is 2. The molecule has 21 heavy (non-hydrogen) atoms. The zero-order valence-electron chi connectivity index (χ0n) is 11.2. The highest BCUT2D eigenvalue weighted by atomic mass is 35.5. The van der Waals surface area contributed by atoms with Gasteiger partial charge in [-0.15, -0.1) is 23.7 Å². The Bertz CT molecular complexity index is 701. The number of hydrogen-bond donors (Lipinski definition) is 1. The second-order valence-electron chi connectivity index (χ2n) is 4.80. The van der Waals surface area contributed by atoms with Crippen molar-refractivity contribution in [2.75, 3.05) is 19.8 Å². The first-order valence-electron chi connectivity index (χ1n) is 6.66. The van der Waals surface area contributed by atoms with Gasteiger partial charge in [0.25, 0.3) is 0 Å². The summed E-state index contributed by atoms with van der Waals surface area (Å²) in [6.45, 7) is 2.34. The molecule has 0 bridgehead atoms. The summed E-state index contributed by atoms with van der Waals surface area (Å²) in [6.07, 6.45) is 0. The molecular formula is C15H15ClN2O2S. The van der Waals surface area contributed by atoms with Crippen molar-refractivity contribution in [2.24, 2.45) is 0 Å². The monoisotopic (exact) mass is 322 g/mol. The standard InChI is InChI=1S/C15H14N2O2S.ClH/c1-2-4-13-10(3-1)7-14(19-13)12-9-20-15(17-12)11-8-18-6-5-16-11;/h1-4,7,9,11,16H,5-6,8H2;1H. The van der Waals surface area contributed by atoms with Gasteiger partial charge < -0.3 is 14.5 Å². The van der Waals surface area contributed by atoms with Gasteiger partial charge in [0.1, 0.15) is 16.3 Å². The fraction of sp³-hybridized carbons (Fsp3) is 0.267. The summed E-state index contributed by atoms with van der Waals surface area (Å²) in [5.41, 5.74) is 1.80. The van der Waals surface area contributed by atoms with E-state index in [1.165, 1.54) is 0 Å². The zero-order valence-corrected chi connectivity index (χ0v) is 12.9. The van der Waals surface area contributed by atoms with Crippen LogP contribution < -0.4 is 5.32 Å². The van der Waals surface area contributed by atoms with Crippen LogP contribution in [0.15, 0.2) is 40.1 Å². The first-order valence-corrected chi connectivity index (χ1v) is 7.53. The molecule has 1 atom stereocenters. The highest BCUT2D eigenvalue weighted by molar-refractivity contribution is 7.10. The lowest BCUT2D eigenvalue weighted by molar-refractivity contribution is 0.0768. The van der Waals surface area contributed by atoms with Crippen LogP contribution >= 0.6 is 23.7 Å². The fourth-order valence-corrected chi connectivity index (χ4v) is 3.26. The topological polar surface area (TPSA) is 47.3 Å². The maximum absolute atomic E-state index is 5.85. The van der Waals surface area contributed by atoms with E-state index in [0.29, 0.717) is 6.61 Å². The van der Waals surface area contributed by atoms with Crippen LogP contribution in [0.4, 0.5) is 0 Å². The number of halogens is 1. The van der Waals surface area contributed by atoms with E-state index < -0.39 is 0 Å². The predicted octanol–water partition coefficient (Wildman–Crippen LogP) is 3.64. The second-order valence-corrected chi connectivity index (χ2v) is 5.69. The largest absolute Gasteiger partial charge is 0.454 e. The van der Waals surface area contributed by atoms with Gasteiger partial charge in [-0.2, -0.15) is 0 Å². The van der Waals surface area contributed by atoms with Crippen molar-refractivity contribution in [1.82, 2.24) is 10.3 Å². The Labute approximate surface area is 132 Å². The van der Waals surface area contributed by atoms with Gasteiger partial charge in [0.05, 0.1) is 19.3 Å². The molecule has 1 fully saturated rings. The molecule has 3 heterocycles. The first-order chi connectivity index (χ1) is 9.90. The van der Waals surface area contributed by atoms with Crippen LogP contribution in [0, 0.1) is 0 Å². The molecule has 1 unspecified atom stereocenters. The molecular weight excluding hydrogens is 308 g/mol. The summed E-state index contributed by atoms with van der Waals surface area (Å²) in [5, 5.41) is 7.63. The van der Waals surface area contributed by atoms with Crippen LogP contribution in [0.2, 0.25) is 0 Å². The average Bonchev–Trinajstić information content (AvgIpc) is 3.14. The molecule has 3 aromatic rings. The molecule has 110 valence electrons. The predicted molar refractivity (Wildman–Crippen MR) is 86.1 cm³/mol. The van der Waals surface area contributed by atoms with E-state index in [-0.39, 0.29) is 18.4 Å². The van der Waals surface area contributed by atoms with Crippen molar-refractivity contribution in [3.05, 3.63) is 40.7 Å². The molecule has 4 nitrogen and oxygen atoms in total. The quantitative estimate of drug-likeness (QED) is 0.782. The van der Waals surface area contributed by atoms with E-state index in [1.807, 2.05) is 35.7 Å². The fourth-order valence-electron chi connectivity index (χ4n) is 2.39. The van der Waals surface area contributed by atoms with Crippen LogP contribution in [-0.2, 0) is 4.74 Å². The van der Waals surface area contributed by atoms with Gasteiger partial charge in [0, 0.05) is 17.3 Å². The number of hydrogen-bond acceptors (Lipinski definition) is 5. The molecule has 0 spiro atoms. The van der Waals surface area contributed by atoms with Gasteiger partial charge in [-0.25, -0.2) is 4.98 Å². The van der Waals surface area contributed by atoms with E-state index >= 15 is 0 Å². The first kappa shape index (κ1) is 14.5. The molecule has 1 N–H and O–H groups in total. The third-order valence-corrected chi connectivity index (χ3v) is 4.38. The summed E-state index contributed by atoms with van der Waals surface area (Å²) in [6, 6.07) is 10.3. The number of fused-ring (bicyclic) bond motifs is 1. The lowest BCUT2D eigenvalue weighted by Crippen LogP contribution is -2.34. The Kier molecular flexibility index (Phi) is 4.26. The van der Waals surface area contributed by atoms with Crippen LogP contribution in [0.3, 0.4) is 0 Å². The van der Waals surface area contributed by atoms with Crippen LogP contribution in [0.1, 0.15) is 11.0 Å². The van der Waals surface area contributed by atoms with Gasteiger partial charge >= 0.3 is 0 Å². The van der Waals surface area contributed by atoms with Crippen molar-refractivity contribution in [2.45, 2.75) is 6.04 Å². The molecule has 2 aromatic heterocycles. The number of ether oxygens (including phenoxy) is 1. The lowest BCUT2D eigenvalue weighted by atomic mass is 10.2. The summed E-state index contributed by atoms with van der Waals surface area (Å²) >= 11 is 1.65. The maximum Gasteiger partial charge on any atom is 0.154 e. The Hall–Kier alpha value is -1.40. The third kappa shape index (κ3) is 2.82. The lowest BCUT2D eigenvalue weighted by Gasteiger charge is -2.21. The van der Waals surface area contributed by atoms with Crippen molar-refractivity contribution in [1.29, 1.82) is 0 Å². The van der Waals surface area contributed by atoms with E-state index in [2.05, 4.69) is 10.3 Å². The Balaban J connectivity index is 0.00000132. The Morgan fingerprint density at radius 1 is 1.29 bits per heavy atom. The number of benzene rings is 1. The Morgan fingerprint density at radius 2 is 2.19 bits per heavy atom. The molecule has 6 heteroatoms. The molecule has 0 radical (unpaired) electrons. The van der Waals surface area contributed by atoms with Crippen molar-refractivity contribution in [3.63, 3.8) is 0 Å². The van der Waals surface area contributed by atoms with Crippen LogP contribution in [0.25, 0.3) is 22.4 Å². The zero-order chi connectivity index (χ0) is 13.4. The number of aromatic nitrogens is 1. The normalized spacial score (nSPS) is 18.6. The van der Waals surface area contributed by atoms with Gasteiger partial charge in [-0.05, 0) is 12.1 Å². The smallest absolute Gasteiger partial charge is 0.154 e. The maximum atomic E-state index is 5.85. The van der Waals surface area contributed by atoms with Crippen molar-refractivity contribution >= 4 is 34.7 Å². The van der Waals surface area contributed by atoms with Gasteiger partial charge in [0.2, 0.25) is 0 Å². The van der Waals surface area contributed by atoms with Crippen LogP contribution in [0.5, 0.6) is 0 Å². The minimum atomic E-state index is 0. The van der Waals surface area contributed by atoms with Crippen molar-refractivity contribution in [3.8, 4) is 11.5 Å². The second kappa shape index (κ2) is 6.15. The summed E-state index contributed by atoms with van der Waals surface area (Å²) in [4.78, 5) is 4.68. The summed E-state index contributed by atoms with van der Waals surface area (Å²) in [7, 11) is 0. The molecule has 1 aromatic carbocycles. The number of thiazole rings is 1. The molecule has 0 amide bonds. The number of nitrogens with one attached hydrogen (secondary N) is 1.